The quantitative estimate of drug-likeness (QED) is 0.618. The second-order valence-electron chi connectivity index (χ2n) is 8.41. The molecule has 0 heterocycles. The fraction of sp³-hybridized carbons (Fsp3) is 0.417. The number of amides is 1. The van der Waals surface area contributed by atoms with Crippen molar-refractivity contribution in [3.8, 4) is 5.75 Å². The lowest BCUT2D eigenvalue weighted by Crippen LogP contribution is -2.43. The zero-order valence-corrected chi connectivity index (χ0v) is 18.8. The van der Waals surface area contributed by atoms with E-state index in [1.807, 2.05) is 31.2 Å². The van der Waals surface area contributed by atoms with Gasteiger partial charge in [-0.1, -0.05) is 29.8 Å². The lowest BCUT2D eigenvalue weighted by molar-refractivity contribution is -0.155. The number of hydrogen-bond acceptors (Lipinski definition) is 5. The Morgan fingerprint density at radius 2 is 1.55 bits per heavy atom. The highest BCUT2D eigenvalue weighted by Crippen LogP contribution is 2.27. The average Bonchev–Trinajstić information content (AvgIpc) is 2.66. The standard InChI is InChI=1S/C24H30FNO5/c1-15-7-9-18(10-8-15)21(30-20-13-11-19(25)12-14-20)17(3)29-22(27)16(2)26-23(28)31-24(4,5)6/h7-14,16-17,21H,1-6H3,(H,26,28)/t16-,17-,21-/m0/s1. The Morgan fingerprint density at radius 1 is 0.968 bits per heavy atom. The van der Waals surface area contributed by atoms with Crippen molar-refractivity contribution in [1.82, 2.24) is 5.32 Å². The van der Waals surface area contributed by atoms with Crippen LogP contribution in [0.25, 0.3) is 0 Å². The normalized spacial score (nSPS) is 14.2. The van der Waals surface area contributed by atoms with Crippen LogP contribution in [-0.2, 0) is 14.3 Å². The number of hydrogen-bond donors (Lipinski definition) is 1. The van der Waals surface area contributed by atoms with Gasteiger partial charge in [0, 0.05) is 0 Å². The lowest BCUT2D eigenvalue weighted by atomic mass is 10.0. The van der Waals surface area contributed by atoms with Crippen molar-refractivity contribution in [2.75, 3.05) is 0 Å². The minimum absolute atomic E-state index is 0.374. The number of aryl methyl sites for hydroxylation is 1. The van der Waals surface area contributed by atoms with Crippen molar-refractivity contribution >= 4 is 12.1 Å². The Labute approximate surface area is 182 Å². The third kappa shape index (κ3) is 7.92. The van der Waals surface area contributed by atoms with Crippen LogP contribution in [-0.4, -0.2) is 29.8 Å². The summed E-state index contributed by atoms with van der Waals surface area (Å²) in [6.45, 7) is 10.4. The molecular formula is C24H30FNO5. The van der Waals surface area contributed by atoms with Crippen LogP contribution in [0.2, 0.25) is 0 Å². The molecular weight excluding hydrogens is 401 g/mol. The van der Waals surface area contributed by atoms with Gasteiger partial charge in [0.25, 0.3) is 0 Å². The number of carbonyl (C=O) groups is 2. The van der Waals surface area contributed by atoms with Gasteiger partial charge in [0.05, 0.1) is 0 Å². The highest BCUT2D eigenvalue weighted by atomic mass is 19.1. The number of alkyl carbamates (subject to hydrolysis) is 1. The summed E-state index contributed by atoms with van der Waals surface area (Å²) in [4.78, 5) is 24.5. The van der Waals surface area contributed by atoms with Crippen LogP contribution >= 0.6 is 0 Å². The van der Waals surface area contributed by atoms with Crippen molar-refractivity contribution in [2.24, 2.45) is 0 Å². The first kappa shape index (κ1) is 24.2. The molecule has 0 bridgehead atoms. The van der Waals surface area contributed by atoms with E-state index in [9.17, 15) is 14.0 Å². The number of benzene rings is 2. The van der Waals surface area contributed by atoms with E-state index >= 15 is 0 Å². The maximum Gasteiger partial charge on any atom is 0.408 e. The van der Waals surface area contributed by atoms with Gasteiger partial charge in [-0.15, -0.1) is 0 Å². The third-order valence-corrected chi connectivity index (χ3v) is 4.30. The van der Waals surface area contributed by atoms with Crippen LogP contribution in [0.3, 0.4) is 0 Å². The minimum atomic E-state index is -0.915. The van der Waals surface area contributed by atoms with Gasteiger partial charge in [-0.25, -0.2) is 14.0 Å². The molecule has 0 aromatic heterocycles. The van der Waals surface area contributed by atoms with Gasteiger partial charge in [0.1, 0.15) is 29.3 Å². The van der Waals surface area contributed by atoms with E-state index < -0.39 is 35.9 Å². The number of nitrogens with one attached hydrogen (secondary N) is 1. The smallest absolute Gasteiger partial charge is 0.408 e. The second-order valence-corrected chi connectivity index (χ2v) is 8.41. The second kappa shape index (κ2) is 10.3. The maximum atomic E-state index is 13.2. The zero-order valence-electron chi connectivity index (χ0n) is 18.8. The topological polar surface area (TPSA) is 73.9 Å². The van der Waals surface area contributed by atoms with Crippen LogP contribution in [0.4, 0.5) is 9.18 Å². The molecule has 0 saturated carbocycles. The number of carbonyl (C=O) groups excluding carboxylic acids is 2. The summed E-state index contributed by atoms with van der Waals surface area (Å²) in [7, 11) is 0. The number of ether oxygens (including phenoxy) is 3. The summed E-state index contributed by atoms with van der Waals surface area (Å²) in [5, 5.41) is 2.47. The van der Waals surface area contributed by atoms with Crippen molar-refractivity contribution < 1.29 is 28.2 Å². The van der Waals surface area contributed by atoms with Gasteiger partial charge < -0.3 is 19.5 Å². The van der Waals surface area contributed by atoms with Crippen molar-refractivity contribution in [2.45, 2.75) is 65.4 Å². The summed E-state index contributed by atoms with van der Waals surface area (Å²) in [6.07, 6.45) is -2.03. The molecule has 168 valence electrons. The maximum absolute atomic E-state index is 13.2. The summed E-state index contributed by atoms with van der Waals surface area (Å²) >= 11 is 0. The Kier molecular flexibility index (Phi) is 8.02. The van der Waals surface area contributed by atoms with Crippen LogP contribution in [0, 0.1) is 12.7 Å². The number of halogens is 1. The Hall–Kier alpha value is -3.09. The SMILES string of the molecule is Cc1ccc([C@@H](Oc2ccc(F)cc2)[C@H](C)OC(=O)[C@H](C)NC(=O)OC(C)(C)C)cc1. The van der Waals surface area contributed by atoms with Gasteiger partial charge in [0.2, 0.25) is 0 Å². The molecule has 7 heteroatoms. The lowest BCUT2D eigenvalue weighted by Gasteiger charge is -2.27. The molecule has 0 aliphatic heterocycles. The summed E-state index contributed by atoms with van der Waals surface area (Å²) in [5.74, 6) is -0.561. The molecule has 0 unspecified atom stereocenters. The molecule has 0 fully saturated rings. The van der Waals surface area contributed by atoms with Gasteiger partial charge in [-0.05, 0) is 71.4 Å². The predicted octanol–water partition coefficient (Wildman–Crippen LogP) is 5.10. The molecule has 2 aromatic rings. The van der Waals surface area contributed by atoms with Crippen molar-refractivity contribution in [1.29, 1.82) is 0 Å². The van der Waals surface area contributed by atoms with E-state index in [-0.39, 0.29) is 5.82 Å². The fourth-order valence-corrected chi connectivity index (χ4v) is 2.74. The van der Waals surface area contributed by atoms with E-state index in [4.69, 9.17) is 14.2 Å². The summed E-state index contributed by atoms with van der Waals surface area (Å²) in [6, 6.07) is 12.3. The van der Waals surface area contributed by atoms with Gasteiger partial charge in [0.15, 0.2) is 6.10 Å². The van der Waals surface area contributed by atoms with Crippen LogP contribution in [0.15, 0.2) is 48.5 Å². The van der Waals surface area contributed by atoms with Crippen LogP contribution in [0.5, 0.6) is 5.75 Å². The molecule has 3 atom stereocenters. The van der Waals surface area contributed by atoms with E-state index in [1.165, 1.54) is 31.2 Å². The molecule has 2 rings (SSSR count). The van der Waals surface area contributed by atoms with Crippen LogP contribution < -0.4 is 10.1 Å². The Balaban J connectivity index is 2.11. The fourth-order valence-electron chi connectivity index (χ4n) is 2.74. The van der Waals surface area contributed by atoms with E-state index in [1.54, 1.807) is 27.7 Å². The van der Waals surface area contributed by atoms with Gasteiger partial charge in [-0.2, -0.15) is 0 Å². The molecule has 1 amide bonds. The van der Waals surface area contributed by atoms with Crippen molar-refractivity contribution in [3.05, 3.63) is 65.5 Å². The number of esters is 1. The molecule has 0 aliphatic carbocycles. The summed E-state index contributed by atoms with van der Waals surface area (Å²) < 4.78 is 30.0. The first-order chi connectivity index (χ1) is 14.4. The molecule has 0 spiro atoms. The van der Waals surface area contributed by atoms with E-state index in [0.717, 1.165) is 11.1 Å². The molecule has 31 heavy (non-hydrogen) atoms. The Bertz CT molecular complexity index is 874. The highest BCUT2D eigenvalue weighted by Gasteiger charge is 2.28. The molecule has 1 N–H and O–H groups in total. The first-order valence-corrected chi connectivity index (χ1v) is 10.1. The zero-order chi connectivity index (χ0) is 23.2. The molecule has 0 saturated heterocycles. The first-order valence-electron chi connectivity index (χ1n) is 10.1. The van der Waals surface area contributed by atoms with Gasteiger partial charge >= 0.3 is 12.1 Å². The number of rotatable bonds is 7. The molecule has 0 aliphatic rings. The monoisotopic (exact) mass is 431 g/mol. The van der Waals surface area contributed by atoms with Crippen LogP contribution in [0.1, 0.15) is 51.8 Å². The van der Waals surface area contributed by atoms with Gasteiger partial charge in [-0.3, -0.25) is 0 Å². The summed E-state index contributed by atoms with van der Waals surface area (Å²) in [5.41, 5.74) is 1.19. The third-order valence-electron chi connectivity index (χ3n) is 4.30. The molecule has 6 nitrogen and oxygen atoms in total. The van der Waals surface area contributed by atoms with E-state index in [0.29, 0.717) is 5.75 Å². The largest absolute Gasteiger partial charge is 0.482 e. The highest BCUT2D eigenvalue weighted by molar-refractivity contribution is 5.81. The molecule has 0 radical (unpaired) electrons. The molecule has 2 aromatic carbocycles. The predicted molar refractivity (Wildman–Crippen MR) is 115 cm³/mol. The van der Waals surface area contributed by atoms with E-state index in [2.05, 4.69) is 5.32 Å². The minimum Gasteiger partial charge on any atom is -0.482 e. The van der Waals surface area contributed by atoms with Crippen molar-refractivity contribution in [3.63, 3.8) is 0 Å². The Morgan fingerprint density at radius 3 is 2.10 bits per heavy atom. The average molecular weight is 432 g/mol.